The standard InChI is InChI=1S/C22H20F3N3O5S2/c1-9-15-14(10(2)29)19(31)28(15)16(20(32)33)17(9)35-21-27-13(8-34-21)18(30)26-7-11-3-5-12(6-4-11)22(23,24)25/h3-6,8-10,14-15,29H,7H2,1-2H3,(H,26,30)(H,32,33)/t9-,10-,14-,15-/m1/s1. The lowest BCUT2D eigenvalue weighted by molar-refractivity contribution is -0.163. The maximum absolute atomic E-state index is 12.7. The zero-order valence-electron chi connectivity index (χ0n) is 18.4. The Morgan fingerprint density at radius 2 is 1.94 bits per heavy atom. The second-order valence-electron chi connectivity index (χ2n) is 8.25. The molecule has 2 aromatic rings. The molecule has 0 spiro atoms. The number of amides is 2. The second-order valence-corrected chi connectivity index (χ2v) is 10.4. The lowest BCUT2D eigenvalue weighted by atomic mass is 9.79. The molecule has 3 heterocycles. The summed E-state index contributed by atoms with van der Waals surface area (Å²) in [5.74, 6) is -3.25. The van der Waals surface area contributed by atoms with Crippen LogP contribution in [-0.4, -0.2) is 50.0 Å². The number of benzene rings is 1. The molecular weight excluding hydrogens is 507 g/mol. The number of aromatic nitrogens is 1. The summed E-state index contributed by atoms with van der Waals surface area (Å²) in [6.07, 6.45) is -5.35. The summed E-state index contributed by atoms with van der Waals surface area (Å²) in [5.41, 5.74) is -0.364. The van der Waals surface area contributed by atoms with Crippen LogP contribution >= 0.6 is 23.1 Å². The number of carboxylic acids is 1. The first-order chi connectivity index (χ1) is 16.4. The van der Waals surface area contributed by atoms with Gasteiger partial charge in [0, 0.05) is 22.7 Å². The number of thioether (sulfide) groups is 1. The highest BCUT2D eigenvalue weighted by Gasteiger charge is 2.60. The van der Waals surface area contributed by atoms with Crippen molar-refractivity contribution in [3.05, 3.63) is 57.1 Å². The number of alkyl halides is 3. The molecule has 4 rings (SSSR count). The van der Waals surface area contributed by atoms with Gasteiger partial charge < -0.3 is 20.4 Å². The molecule has 2 aliphatic heterocycles. The van der Waals surface area contributed by atoms with Gasteiger partial charge in [0.1, 0.15) is 11.4 Å². The van der Waals surface area contributed by atoms with E-state index in [0.29, 0.717) is 14.8 Å². The molecular formula is C22H20F3N3O5S2. The van der Waals surface area contributed by atoms with Crippen LogP contribution < -0.4 is 5.32 Å². The molecule has 1 aromatic carbocycles. The zero-order chi connectivity index (χ0) is 25.7. The normalized spacial score (nSPS) is 22.6. The Morgan fingerprint density at radius 3 is 2.51 bits per heavy atom. The van der Waals surface area contributed by atoms with Gasteiger partial charge in [-0.2, -0.15) is 13.2 Å². The molecule has 186 valence electrons. The molecule has 13 heteroatoms. The van der Waals surface area contributed by atoms with Crippen molar-refractivity contribution in [2.75, 3.05) is 0 Å². The van der Waals surface area contributed by atoms with E-state index in [1.807, 2.05) is 0 Å². The van der Waals surface area contributed by atoms with E-state index in [2.05, 4.69) is 10.3 Å². The number of carbonyl (C=O) groups excluding carboxylic acids is 2. The quantitative estimate of drug-likeness (QED) is 0.473. The smallest absolute Gasteiger partial charge is 0.416 e. The van der Waals surface area contributed by atoms with Gasteiger partial charge >= 0.3 is 12.1 Å². The minimum Gasteiger partial charge on any atom is -0.477 e. The summed E-state index contributed by atoms with van der Waals surface area (Å²) in [5, 5.41) is 23.7. The number of aliphatic hydroxyl groups excluding tert-OH is 1. The summed E-state index contributed by atoms with van der Waals surface area (Å²) in [6, 6.07) is 3.97. The van der Waals surface area contributed by atoms with Crippen molar-refractivity contribution < 1.29 is 37.8 Å². The monoisotopic (exact) mass is 527 g/mol. The summed E-state index contributed by atoms with van der Waals surface area (Å²) < 4.78 is 38.4. The first-order valence-corrected chi connectivity index (χ1v) is 12.2. The highest BCUT2D eigenvalue weighted by molar-refractivity contribution is 8.04. The maximum Gasteiger partial charge on any atom is 0.416 e. The van der Waals surface area contributed by atoms with Crippen molar-refractivity contribution in [2.45, 2.75) is 43.1 Å². The summed E-state index contributed by atoms with van der Waals surface area (Å²) in [7, 11) is 0. The van der Waals surface area contributed by atoms with Crippen LogP contribution in [0.15, 0.2) is 44.6 Å². The number of hydrogen-bond donors (Lipinski definition) is 3. The molecule has 8 nitrogen and oxygen atoms in total. The van der Waals surface area contributed by atoms with Crippen LogP contribution in [0.2, 0.25) is 0 Å². The van der Waals surface area contributed by atoms with E-state index in [0.717, 1.165) is 35.2 Å². The number of aliphatic hydroxyl groups is 1. The van der Waals surface area contributed by atoms with Gasteiger partial charge in [0.25, 0.3) is 5.91 Å². The first-order valence-electron chi connectivity index (χ1n) is 10.5. The molecule has 0 bridgehead atoms. The van der Waals surface area contributed by atoms with Gasteiger partial charge in [-0.25, -0.2) is 9.78 Å². The number of rotatable bonds is 7. The fourth-order valence-electron chi connectivity index (χ4n) is 4.24. The van der Waals surface area contributed by atoms with Crippen LogP contribution in [0.5, 0.6) is 0 Å². The van der Waals surface area contributed by atoms with Gasteiger partial charge in [0.2, 0.25) is 5.91 Å². The molecule has 4 atom stereocenters. The van der Waals surface area contributed by atoms with E-state index in [1.165, 1.54) is 29.3 Å². The Kier molecular flexibility index (Phi) is 6.68. The van der Waals surface area contributed by atoms with Crippen molar-refractivity contribution in [1.29, 1.82) is 0 Å². The molecule has 3 N–H and O–H groups in total. The van der Waals surface area contributed by atoms with Crippen molar-refractivity contribution in [1.82, 2.24) is 15.2 Å². The molecule has 0 radical (unpaired) electrons. The molecule has 35 heavy (non-hydrogen) atoms. The van der Waals surface area contributed by atoms with E-state index in [9.17, 15) is 37.8 Å². The van der Waals surface area contributed by atoms with Crippen LogP contribution in [0.1, 0.15) is 35.5 Å². The number of aliphatic carboxylic acids is 1. The summed E-state index contributed by atoms with van der Waals surface area (Å²) in [4.78, 5) is 42.7. The number of nitrogens with one attached hydrogen (secondary N) is 1. The number of fused-ring (bicyclic) bond motifs is 1. The minimum absolute atomic E-state index is 0.00179. The zero-order valence-corrected chi connectivity index (χ0v) is 20.0. The average molecular weight is 528 g/mol. The number of carbonyl (C=O) groups is 3. The van der Waals surface area contributed by atoms with E-state index in [1.54, 1.807) is 6.92 Å². The largest absolute Gasteiger partial charge is 0.477 e. The Balaban J connectivity index is 1.44. The predicted octanol–water partition coefficient (Wildman–Crippen LogP) is 3.34. The van der Waals surface area contributed by atoms with Crippen molar-refractivity contribution in [2.24, 2.45) is 11.8 Å². The highest BCUT2D eigenvalue weighted by atomic mass is 32.2. The number of β-lactam (4-membered cyclic amide) rings is 1. The van der Waals surface area contributed by atoms with Gasteiger partial charge in [-0.05, 0) is 24.6 Å². The third-order valence-electron chi connectivity index (χ3n) is 5.96. The Labute approximate surface area is 205 Å². The molecule has 1 saturated heterocycles. The third-order valence-corrected chi connectivity index (χ3v) is 8.18. The average Bonchev–Trinajstić information content (AvgIpc) is 3.33. The molecule has 1 fully saturated rings. The highest BCUT2D eigenvalue weighted by Crippen LogP contribution is 2.52. The van der Waals surface area contributed by atoms with Crippen LogP contribution in [0.3, 0.4) is 0 Å². The third kappa shape index (κ3) is 4.67. The predicted molar refractivity (Wildman–Crippen MR) is 120 cm³/mol. The van der Waals surface area contributed by atoms with E-state index in [4.69, 9.17) is 0 Å². The minimum atomic E-state index is -4.44. The van der Waals surface area contributed by atoms with E-state index < -0.39 is 47.6 Å². The lowest BCUT2D eigenvalue weighted by Crippen LogP contribution is -2.63. The van der Waals surface area contributed by atoms with Crippen LogP contribution in [0.25, 0.3) is 0 Å². The molecule has 0 aliphatic carbocycles. The van der Waals surface area contributed by atoms with E-state index in [-0.39, 0.29) is 23.9 Å². The topological polar surface area (TPSA) is 120 Å². The van der Waals surface area contributed by atoms with Gasteiger partial charge in [0.05, 0.1) is 23.6 Å². The number of halogens is 3. The maximum atomic E-state index is 12.7. The second kappa shape index (κ2) is 9.28. The van der Waals surface area contributed by atoms with Gasteiger partial charge in [-0.1, -0.05) is 30.8 Å². The number of hydrogen-bond acceptors (Lipinski definition) is 7. The fourth-order valence-corrected chi connectivity index (χ4v) is 6.31. The Morgan fingerprint density at radius 1 is 1.29 bits per heavy atom. The Hall–Kier alpha value is -2.90. The van der Waals surface area contributed by atoms with Crippen LogP contribution in [-0.2, 0) is 22.3 Å². The molecule has 2 amide bonds. The fraction of sp³-hybridized carbons (Fsp3) is 0.364. The molecule has 1 aromatic heterocycles. The van der Waals surface area contributed by atoms with Gasteiger partial charge in [0.15, 0.2) is 4.34 Å². The van der Waals surface area contributed by atoms with Crippen LogP contribution in [0.4, 0.5) is 13.2 Å². The van der Waals surface area contributed by atoms with Crippen LogP contribution in [0, 0.1) is 11.8 Å². The number of thiazole rings is 1. The van der Waals surface area contributed by atoms with Gasteiger partial charge in [-0.15, -0.1) is 11.3 Å². The number of nitrogens with zero attached hydrogens (tertiary/aromatic N) is 2. The lowest BCUT2D eigenvalue weighted by Gasteiger charge is -2.46. The van der Waals surface area contributed by atoms with Crippen molar-refractivity contribution in [3.8, 4) is 0 Å². The Bertz CT molecular complexity index is 1210. The number of carboxylic acid groups (broad SMARTS) is 1. The van der Waals surface area contributed by atoms with Crippen molar-refractivity contribution in [3.63, 3.8) is 0 Å². The SMILES string of the molecule is C[C@@H](O)[C@H]1C(=O)N2C(C(=O)O)=C(Sc3nc(C(=O)NCc4ccc(C(F)(F)F)cc4)cs3)[C@H](C)[C@H]12. The van der Waals surface area contributed by atoms with E-state index >= 15 is 0 Å². The molecule has 2 aliphatic rings. The first kappa shape index (κ1) is 25.2. The molecule has 0 saturated carbocycles. The van der Waals surface area contributed by atoms with Crippen molar-refractivity contribution >= 4 is 40.9 Å². The summed E-state index contributed by atoms with van der Waals surface area (Å²) >= 11 is 2.18. The summed E-state index contributed by atoms with van der Waals surface area (Å²) in [6.45, 7) is 3.28. The van der Waals surface area contributed by atoms with Gasteiger partial charge in [-0.3, -0.25) is 9.59 Å². The molecule has 0 unspecified atom stereocenters.